The lowest BCUT2D eigenvalue weighted by molar-refractivity contribution is -0.139. The molecule has 1 N–H and O–H groups in total. The molecule has 216 valence electrons. The van der Waals surface area contributed by atoms with Crippen LogP contribution in [0.3, 0.4) is 0 Å². The van der Waals surface area contributed by atoms with Crippen LogP contribution in [0.1, 0.15) is 52.8 Å². The van der Waals surface area contributed by atoms with Crippen molar-refractivity contribution >= 4 is 45.3 Å². The van der Waals surface area contributed by atoms with E-state index in [2.05, 4.69) is 20.9 Å². The molecule has 4 aromatic rings. The number of halogens is 1. The molecule has 2 aromatic carbocycles. The summed E-state index contributed by atoms with van der Waals surface area (Å²) in [6.45, 7) is 7.57. The number of benzene rings is 2. The summed E-state index contributed by atoms with van der Waals surface area (Å²) < 4.78 is 15.5. The Morgan fingerprint density at radius 2 is 1.83 bits per heavy atom. The molecule has 1 aliphatic rings. The van der Waals surface area contributed by atoms with Gasteiger partial charge in [-0.3, -0.25) is 9.36 Å². The fourth-order valence-electron chi connectivity index (χ4n) is 5.19. The number of rotatable bonds is 7. The predicted octanol–water partition coefficient (Wildman–Crippen LogP) is 4.68. The molecular weight excluding hydrogens is 622 g/mol. The Morgan fingerprint density at radius 1 is 1.12 bits per heavy atom. The normalized spacial score (nSPS) is 14.9. The Morgan fingerprint density at radius 3 is 2.45 bits per heavy atom. The maximum Gasteiger partial charge on any atom is 0.338 e. The number of esters is 1. The molecule has 0 radical (unpaired) electrons. The average molecular weight is 651 g/mol. The van der Waals surface area contributed by atoms with Crippen LogP contribution in [0.15, 0.2) is 74.1 Å². The van der Waals surface area contributed by atoms with Crippen LogP contribution in [0.25, 0.3) is 11.8 Å². The van der Waals surface area contributed by atoms with Crippen molar-refractivity contribution in [1.29, 1.82) is 0 Å². The number of methoxy groups -OCH3 is 1. The molecule has 3 heterocycles. The first kappa shape index (κ1) is 29.3. The number of carbonyl (C=O) groups excluding carboxylic acids is 1. The largest absolute Gasteiger partial charge is 0.496 e. The topological polar surface area (TPSA) is 112 Å². The van der Waals surface area contributed by atoms with Gasteiger partial charge < -0.3 is 19.1 Å². The van der Waals surface area contributed by atoms with E-state index < -0.39 is 18.0 Å². The number of aryl methyl sites for hydroxylation is 1. The van der Waals surface area contributed by atoms with Crippen molar-refractivity contribution in [3.05, 3.63) is 112 Å². The highest BCUT2D eigenvalue weighted by Gasteiger charge is 2.33. The zero-order valence-corrected chi connectivity index (χ0v) is 26.0. The number of hydrogen-bond donors (Lipinski definition) is 1. The highest BCUT2D eigenvalue weighted by atomic mass is 79.9. The molecule has 42 heavy (non-hydrogen) atoms. The van der Waals surface area contributed by atoms with E-state index in [1.165, 1.54) is 11.3 Å². The zero-order chi connectivity index (χ0) is 30.3. The van der Waals surface area contributed by atoms with Gasteiger partial charge >= 0.3 is 11.9 Å². The number of thiazole rings is 1. The van der Waals surface area contributed by atoms with E-state index in [9.17, 15) is 19.5 Å². The third kappa shape index (κ3) is 5.14. The highest BCUT2D eigenvalue weighted by Crippen LogP contribution is 2.35. The summed E-state index contributed by atoms with van der Waals surface area (Å²) in [5.74, 6) is -0.889. The minimum absolute atomic E-state index is 0.188. The number of fused-ring (bicyclic) bond motifs is 1. The van der Waals surface area contributed by atoms with Crippen LogP contribution in [0.2, 0.25) is 0 Å². The molecule has 0 fully saturated rings. The van der Waals surface area contributed by atoms with Crippen LogP contribution in [0.4, 0.5) is 0 Å². The second-order valence-corrected chi connectivity index (χ2v) is 11.6. The van der Waals surface area contributed by atoms with E-state index in [1.54, 1.807) is 55.9 Å². The highest BCUT2D eigenvalue weighted by molar-refractivity contribution is 9.10. The van der Waals surface area contributed by atoms with Crippen molar-refractivity contribution in [3.63, 3.8) is 0 Å². The summed E-state index contributed by atoms with van der Waals surface area (Å²) in [7, 11) is 1.57. The van der Waals surface area contributed by atoms with Crippen LogP contribution in [0, 0.1) is 13.8 Å². The van der Waals surface area contributed by atoms with Crippen molar-refractivity contribution < 1.29 is 24.2 Å². The van der Waals surface area contributed by atoms with Gasteiger partial charge in [-0.2, -0.15) is 0 Å². The van der Waals surface area contributed by atoms with Crippen LogP contribution >= 0.6 is 27.3 Å². The third-order valence-electron chi connectivity index (χ3n) is 7.14. The molecule has 0 amide bonds. The summed E-state index contributed by atoms with van der Waals surface area (Å²) in [4.78, 5) is 43.6. The number of carbonyl (C=O) groups is 2. The van der Waals surface area contributed by atoms with Gasteiger partial charge in [0.1, 0.15) is 5.75 Å². The van der Waals surface area contributed by atoms with Crippen LogP contribution in [-0.2, 0) is 9.53 Å². The molecule has 5 rings (SSSR count). The Hall–Kier alpha value is -4.22. The van der Waals surface area contributed by atoms with Gasteiger partial charge in [-0.15, -0.1) is 0 Å². The molecule has 9 nitrogen and oxygen atoms in total. The Balaban J connectivity index is 1.67. The molecule has 0 spiro atoms. The first-order chi connectivity index (χ1) is 20.0. The second-order valence-electron chi connectivity index (χ2n) is 9.71. The summed E-state index contributed by atoms with van der Waals surface area (Å²) in [6, 6.07) is 13.3. The molecule has 0 aliphatic carbocycles. The molecular formula is C31H28BrN3O6S. The minimum Gasteiger partial charge on any atom is -0.496 e. The number of allylic oxidation sites excluding steroid dienone is 1. The number of hydrogen-bond acceptors (Lipinski definition) is 7. The lowest BCUT2D eigenvalue weighted by atomic mass is 9.96. The van der Waals surface area contributed by atoms with E-state index in [-0.39, 0.29) is 17.7 Å². The number of aromatic carboxylic acids is 1. The standard InChI is InChI=1S/C31H28BrN3O6S/c1-6-41-30(39)26-17(3)33-31-35(27(26)20-9-12-24(40-5)23(32)14-20)28(36)25(42-31)15-21-13-16(2)34(18(21)4)22-10-7-19(8-11-22)29(37)38/h7-15,27H,6H2,1-5H3,(H,37,38)/b25-15+/t27-/m1/s1. The monoisotopic (exact) mass is 649 g/mol. The maximum atomic E-state index is 14.0. The predicted molar refractivity (Wildman–Crippen MR) is 163 cm³/mol. The number of nitrogens with zero attached hydrogens (tertiary/aromatic N) is 3. The number of aromatic nitrogens is 2. The summed E-state index contributed by atoms with van der Waals surface area (Å²) in [6.07, 6.45) is 1.83. The van der Waals surface area contributed by atoms with E-state index >= 15 is 0 Å². The molecule has 0 saturated carbocycles. The molecule has 1 aliphatic heterocycles. The van der Waals surface area contributed by atoms with E-state index in [0.29, 0.717) is 36.4 Å². The first-order valence-electron chi connectivity index (χ1n) is 13.1. The van der Waals surface area contributed by atoms with Gasteiger partial charge in [0.2, 0.25) is 0 Å². The van der Waals surface area contributed by atoms with Gasteiger partial charge in [-0.25, -0.2) is 14.6 Å². The van der Waals surface area contributed by atoms with Crippen LogP contribution < -0.4 is 19.6 Å². The van der Waals surface area contributed by atoms with Crippen LogP contribution in [0.5, 0.6) is 5.75 Å². The Bertz CT molecular complexity index is 1950. The summed E-state index contributed by atoms with van der Waals surface area (Å²) >= 11 is 4.78. The summed E-state index contributed by atoms with van der Waals surface area (Å²) in [5.41, 5.74) is 4.89. The maximum absolute atomic E-state index is 14.0. The van der Waals surface area contributed by atoms with E-state index in [1.807, 2.05) is 42.7 Å². The first-order valence-corrected chi connectivity index (χ1v) is 14.7. The number of carboxylic acid groups (broad SMARTS) is 1. The van der Waals surface area contributed by atoms with Crippen molar-refractivity contribution in [3.8, 4) is 11.4 Å². The molecule has 0 saturated heterocycles. The Kier molecular flexibility index (Phi) is 8.07. The lowest BCUT2D eigenvalue weighted by Crippen LogP contribution is -2.40. The average Bonchev–Trinajstić information content (AvgIpc) is 3.41. The fraction of sp³-hybridized carbons (Fsp3) is 0.226. The summed E-state index contributed by atoms with van der Waals surface area (Å²) in [5, 5.41) is 9.25. The van der Waals surface area contributed by atoms with Crippen molar-refractivity contribution in [2.24, 2.45) is 4.99 Å². The van der Waals surface area contributed by atoms with Gasteiger partial charge in [0.05, 0.1) is 45.6 Å². The van der Waals surface area contributed by atoms with Crippen molar-refractivity contribution in [1.82, 2.24) is 9.13 Å². The van der Waals surface area contributed by atoms with Crippen molar-refractivity contribution in [2.45, 2.75) is 33.7 Å². The molecule has 0 bridgehead atoms. The van der Waals surface area contributed by atoms with Gasteiger partial charge in [0.25, 0.3) is 5.56 Å². The van der Waals surface area contributed by atoms with Crippen molar-refractivity contribution in [2.75, 3.05) is 13.7 Å². The molecule has 11 heteroatoms. The third-order valence-corrected chi connectivity index (χ3v) is 8.74. The number of carboxylic acids is 1. The zero-order valence-electron chi connectivity index (χ0n) is 23.6. The quantitative estimate of drug-likeness (QED) is 0.291. The van der Waals surface area contributed by atoms with E-state index in [0.717, 1.165) is 22.6 Å². The van der Waals surface area contributed by atoms with E-state index in [4.69, 9.17) is 9.47 Å². The van der Waals surface area contributed by atoms with Gasteiger partial charge in [-0.05, 0) is 103 Å². The van der Waals surface area contributed by atoms with Crippen LogP contribution in [-0.4, -0.2) is 39.9 Å². The Labute approximate surface area is 253 Å². The SMILES string of the molecule is CCOC(=O)C1=C(C)N=c2s/c(=C/c3cc(C)n(-c4ccc(C(=O)O)cc4)c3C)c(=O)n2[C@@H]1c1ccc(OC)c(Br)c1. The van der Waals surface area contributed by atoms with Gasteiger partial charge in [-0.1, -0.05) is 17.4 Å². The molecule has 2 aromatic heterocycles. The smallest absolute Gasteiger partial charge is 0.338 e. The molecule has 1 atom stereocenters. The lowest BCUT2D eigenvalue weighted by Gasteiger charge is -2.25. The van der Waals surface area contributed by atoms with Gasteiger partial charge in [0, 0.05) is 17.1 Å². The fourth-order valence-corrected chi connectivity index (χ4v) is 6.78. The number of ether oxygens (including phenoxy) is 2. The van der Waals surface area contributed by atoms with Gasteiger partial charge in [0.15, 0.2) is 4.80 Å². The minimum atomic E-state index is -0.986. The second kappa shape index (κ2) is 11.6. The molecule has 0 unspecified atom stereocenters.